The molecule has 0 aromatic heterocycles. The van der Waals surface area contributed by atoms with Crippen LogP contribution in [-0.4, -0.2) is 5.91 Å². The highest BCUT2D eigenvalue weighted by Gasteiger charge is 2.33. The van der Waals surface area contributed by atoms with Crippen LogP contribution in [0.5, 0.6) is 0 Å². The summed E-state index contributed by atoms with van der Waals surface area (Å²) in [5, 5.41) is 2.21. The number of nitrogens with one attached hydrogen (secondary N) is 1. The second-order valence-electron chi connectivity index (χ2n) is 5.67. The number of hydrogen-bond acceptors (Lipinski definition) is 1. The van der Waals surface area contributed by atoms with E-state index < -0.39 is 29.3 Å². The molecule has 1 N–H and O–H groups in total. The summed E-state index contributed by atoms with van der Waals surface area (Å²) >= 11 is 0. The highest BCUT2D eigenvalue weighted by molar-refractivity contribution is 6.04. The van der Waals surface area contributed by atoms with Crippen LogP contribution in [0.25, 0.3) is 11.1 Å². The standard InChI is InChI=1S/C20H12F5NO/c21-16-8-4-2-6-14(16)19(27)26-18-10-9-12(11-17(18)22)13-5-1-3-7-15(13)20(23,24)25/h1-11H,(H,26,27). The molecule has 138 valence electrons. The van der Waals surface area contributed by atoms with Crippen LogP contribution >= 0.6 is 0 Å². The van der Waals surface area contributed by atoms with Gasteiger partial charge in [-0.25, -0.2) is 8.78 Å². The van der Waals surface area contributed by atoms with Gasteiger partial charge in [-0.3, -0.25) is 4.79 Å². The van der Waals surface area contributed by atoms with E-state index in [0.717, 1.165) is 24.3 Å². The van der Waals surface area contributed by atoms with Crippen molar-refractivity contribution in [1.82, 2.24) is 0 Å². The van der Waals surface area contributed by atoms with E-state index in [1.807, 2.05) is 0 Å². The largest absolute Gasteiger partial charge is 0.417 e. The molecule has 3 aromatic rings. The molecule has 2 nitrogen and oxygen atoms in total. The Balaban J connectivity index is 1.92. The van der Waals surface area contributed by atoms with Crippen LogP contribution in [0, 0.1) is 11.6 Å². The molecule has 0 bridgehead atoms. The Labute approximate surface area is 151 Å². The van der Waals surface area contributed by atoms with E-state index in [4.69, 9.17) is 0 Å². The van der Waals surface area contributed by atoms with Crippen LogP contribution in [0.2, 0.25) is 0 Å². The number of carbonyl (C=O) groups is 1. The number of benzene rings is 3. The maximum Gasteiger partial charge on any atom is 0.417 e. The maximum absolute atomic E-state index is 14.4. The van der Waals surface area contributed by atoms with E-state index in [-0.39, 0.29) is 22.4 Å². The van der Waals surface area contributed by atoms with Crippen molar-refractivity contribution < 1.29 is 26.7 Å². The normalized spacial score (nSPS) is 11.3. The van der Waals surface area contributed by atoms with Crippen LogP contribution in [0.15, 0.2) is 66.7 Å². The van der Waals surface area contributed by atoms with Gasteiger partial charge >= 0.3 is 6.18 Å². The first-order chi connectivity index (χ1) is 12.8. The van der Waals surface area contributed by atoms with Crippen molar-refractivity contribution in [2.75, 3.05) is 5.32 Å². The minimum atomic E-state index is -4.59. The van der Waals surface area contributed by atoms with Crippen LogP contribution in [0.1, 0.15) is 15.9 Å². The fourth-order valence-corrected chi connectivity index (χ4v) is 2.60. The Hall–Kier alpha value is -3.22. The number of anilines is 1. The molecule has 1 amide bonds. The van der Waals surface area contributed by atoms with Crippen LogP contribution in [-0.2, 0) is 6.18 Å². The van der Waals surface area contributed by atoms with Crippen molar-refractivity contribution in [2.24, 2.45) is 0 Å². The van der Waals surface area contributed by atoms with Gasteiger partial charge in [-0.05, 0) is 41.5 Å². The quantitative estimate of drug-likeness (QED) is 0.566. The fraction of sp³-hybridized carbons (Fsp3) is 0.0500. The number of alkyl halides is 3. The lowest BCUT2D eigenvalue weighted by Gasteiger charge is -2.14. The van der Waals surface area contributed by atoms with Gasteiger partial charge in [-0.1, -0.05) is 36.4 Å². The lowest BCUT2D eigenvalue weighted by Crippen LogP contribution is -2.14. The number of amides is 1. The Bertz CT molecular complexity index is 998. The predicted molar refractivity (Wildman–Crippen MR) is 91.2 cm³/mol. The summed E-state index contributed by atoms with van der Waals surface area (Å²) in [6.45, 7) is 0. The highest BCUT2D eigenvalue weighted by Crippen LogP contribution is 2.37. The van der Waals surface area contributed by atoms with Crippen molar-refractivity contribution in [3.63, 3.8) is 0 Å². The molecule has 0 unspecified atom stereocenters. The molecule has 0 aliphatic carbocycles. The highest BCUT2D eigenvalue weighted by atomic mass is 19.4. The third-order valence-corrected chi connectivity index (χ3v) is 3.88. The minimum Gasteiger partial charge on any atom is -0.319 e. The third kappa shape index (κ3) is 3.97. The van der Waals surface area contributed by atoms with Crippen molar-refractivity contribution in [3.05, 3.63) is 89.5 Å². The first-order valence-corrected chi connectivity index (χ1v) is 7.79. The van der Waals surface area contributed by atoms with E-state index in [1.165, 1.54) is 42.5 Å². The third-order valence-electron chi connectivity index (χ3n) is 3.88. The van der Waals surface area contributed by atoms with Gasteiger partial charge in [0.25, 0.3) is 5.91 Å². The van der Waals surface area contributed by atoms with Gasteiger partial charge in [0.05, 0.1) is 16.8 Å². The molecule has 0 aliphatic rings. The summed E-state index contributed by atoms with van der Waals surface area (Å²) in [5.74, 6) is -2.57. The molecule has 0 radical (unpaired) electrons. The SMILES string of the molecule is O=C(Nc1ccc(-c2ccccc2C(F)(F)F)cc1F)c1ccccc1F. The summed E-state index contributed by atoms with van der Waals surface area (Å²) in [6.07, 6.45) is -4.59. The Kier molecular flexibility index (Phi) is 4.94. The molecule has 0 heterocycles. The van der Waals surface area contributed by atoms with E-state index in [0.29, 0.717) is 0 Å². The summed E-state index contributed by atoms with van der Waals surface area (Å²) in [4.78, 5) is 12.1. The molecule has 0 aliphatic heterocycles. The van der Waals surface area contributed by atoms with Gasteiger partial charge in [0, 0.05) is 0 Å². The smallest absolute Gasteiger partial charge is 0.319 e. The zero-order chi connectivity index (χ0) is 19.6. The number of halogens is 5. The molecule has 3 rings (SSSR count). The Morgan fingerprint density at radius 1 is 0.815 bits per heavy atom. The minimum absolute atomic E-state index is 0.00400. The molecule has 27 heavy (non-hydrogen) atoms. The summed E-state index contributed by atoms with van der Waals surface area (Å²) in [5.41, 5.74) is -1.62. The first kappa shape index (κ1) is 18.6. The molecule has 3 aromatic carbocycles. The molecule has 0 atom stereocenters. The lowest BCUT2D eigenvalue weighted by atomic mass is 9.99. The number of carbonyl (C=O) groups excluding carboxylic acids is 1. The second-order valence-corrected chi connectivity index (χ2v) is 5.67. The second kappa shape index (κ2) is 7.19. The number of hydrogen-bond donors (Lipinski definition) is 1. The van der Waals surface area contributed by atoms with Gasteiger partial charge in [0.1, 0.15) is 11.6 Å². The summed E-state index contributed by atoms with van der Waals surface area (Å²) in [7, 11) is 0. The van der Waals surface area contributed by atoms with Gasteiger partial charge in [-0.15, -0.1) is 0 Å². The van der Waals surface area contributed by atoms with Crippen LogP contribution in [0.3, 0.4) is 0 Å². The lowest BCUT2D eigenvalue weighted by molar-refractivity contribution is -0.137. The average Bonchev–Trinajstić information content (AvgIpc) is 2.63. The van der Waals surface area contributed by atoms with Crippen molar-refractivity contribution in [1.29, 1.82) is 0 Å². The van der Waals surface area contributed by atoms with Crippen LogP contribution < -0.4 is 5.32 Å². The number of rotatable bonds is 3. The van der Waals surface area contributed by atoms with Crippen LogP contribution in [0.4, 0.5) is 27.6 Å². The molecule has 0 saturated heterocycles. The molecule has 0 fully saturated rings. The molecule has 0 spiro atoms. The first-order valence-electron chi connectivity index (χ1n) is 7.79. The zero-order valence-corrected chi connectivity index (χ0v) is 13.6. The maximum atomic E-state index is 14.4. The summed E-state index contributed by atoms with van der Waals surface area (Å²) < 4.78 is 67.4. The molecular weight excluding hydrogens is 365 g/mol. The summed E-state index contributed by atoms with van der Waals surface area (Å²) in [6, 6.07) is 13.2. The van der Waals surface area contributed by atoms with Gasteiger partial charge in [-0.2, -0.15) is 13.2 Å². The zero-order valence-electron chi connectivity index (χ0n) is 13.6. The Morgan fingerprint density at radius 3 is 2.15 bits per heavy atom. The fourth-order valence-electron chi connectivity index (χ4n) is 2.60. The van der Waals surface area contributed by atoms with E-state index in [9.17, 15) is 26.7 Å². The topological polar surface area (TPSA) is 29.1 Å². The molecular formula is C20H12F5NO. The van der Waals surface area contributed by atoms with Crippen molar-refractivity contribution >= 4 is 11.6 Å². The molecule has 7 heteroatoms. The Morgan fingerprint density at radius 2 is 1.48 bits per heavy atom. The van der Waals surface area contributed by atoms with Gasteiger partial charge in [0.15, 0.2) is 0 Å². The van der Waals surface area contributed by atoms with E-state index in [1.54, 1.807) is 0 Å². The average molecular weight is 377 g/mol. The van der Waals surface area contributed by atoms with Gasteiger partial charge < -0.3 is 5.32 Å². The monoisotopic (exact) mass is 377 g/mol. The van der Waals surface area contributed by atoms with Gasteiger partial charge in [0.2, 0.25) is 0 Å². The molecule has 0 saturated carbocycles. The van der Waals surface area contributed by atoms with Crippen molar-refractivity contribution in [2.45, 2.75) is 6.18 Å². The van der Waals surface area contributed by atoms with E-state index in [2.05, 4.69) is 5.32 Å². The predicted octanol–water partition coefficient (Wildman–Crippen LogP) is 5.90. The van der Waals surface area contributed by atoms with Crippen molar-refractivity contribution in [3.8, 4) is 11.1 Å². The van der Waals surface area contributed by atoms with E-state index >= 15 is 0 Å².